The van der Waals surface area contributed by atoms with Gasteiger partial charge in [-0.2, -0.15) is 5.48 Å². The third-order valence-electron chi connectivity index (χ3n) is 2.06. The number of halogens is 2. The Hall–Kier alpha value is -2.35. The number of anilines is 1. The first-order valence-electron chi connectivity index (χ1n) is 4.67. The minimum atomic E-state index is -0.570. The van der Waals surface area contributed by atoms with E-state index in [4.69, 9.17) is 17.3 Å². The van der Waals surface area contributed by atoms with E-state index in [1.807, 2.05) is 0 Å². The van der Waals surface area contributed by atoms with Crippen LogP contribution in [0.1, 0.15) is 0 Å². The Balaban J connectivity index is 2.29. The van der Waals surface area contributed by atoms with Crippen LogP contribution in [0.5, 0.6) is 0 Å². The number of nitrogens with one attached hydrogen (secondary N) is 2. The number of hydroxylamine groups is 1. The molecule has 0 amide bonds. The van der Waals surface area contributed by atoms with Crippen LogP contribution in [0.2, 0.25) is 5.02 Å². The predicted octanol–water partition coefficient (Wildman–Crippen LogP) is 1.63. The lowest BCUT2D eigenvalue weighted by Crippen LogP contribution is -2.21. The highest BCUT2D eigenvalue weighted by Gasteiger charge is 2.18. The van der Waals surface area contributed by atoms with E-state index in [1.165, 1.54) is 12.1 Å². The highest BCUT2D eigenvalue weighted by atomic mass is 35.5. The molecule has 0 radical (unpaired) electrons. The van der Waals surface area contributed by atoms with Crippen molar-refractivity contribution < 1.29 is 9.33 Å². The molecule has 4 N–H and O–H groups in total. The van der Waals surface area contributed by atoms with E-state index in [0.29, 0.717) is 5.69 Å². The van der Waals surface area contributed by atoms with Crippen molar-refractivity contribution in [3.05, 3.63) is 45.5 Å². The van der Waals surface area contributed by atoms with Gasteiger partial charge in [0, 0.05) is 5.69 Å². The zero-order chi connectivity index (χ0) is 13.1. The van der Waals surface area contributed by atoms with Gasteiger partial charge < -0.3 is 11.1 Å². The average Bonchev–Trinajstić information content (AvgIpc) is 2.77. The van der Waals surface area contributed by atoms with E-state index < -0.39 is 5.82 Å². The van der Waals surface area contributed by atoms with E-state index in [2.05, 4.69) is 26.1 Å². The lowest BCUT2D eigenvalue weighted by Gasteiger charge is -2.07. The van der Waals surface area contributed by atoms with Crippen LogP contribution in [0.4, 0.5) is 10.1 Å². The van der Waals surface area contributed by atoms with Crippen LogP contribution in [0.25, 0.3) is 0 Å². The zero-order valence-electron chi connectivity index (χ0n) is 8.78. The van der Waals surface area contributed by atoms with E-state index in [-0.39, 0.29) is 22.4 Å². The molecule has 7 nitrogen and oxygen atoms in total. The molecule has 0 aromatic heterocycles. The third kappa shape index (κ3) is 2.33. The SMILES string of the molecule is NC1=NON/C1=C(\N=O)Nc1ccc(F)c(Cl)c1. The second kappa shape index (κ2) is 4.88. The number of hydrogen-bond donors (Lipinski definition) is 3. The first-order chi connectivity index (χ1) is 8.61. The molecule has 9 heteroatoms. The summed E-state index contributed by atoms with van der Waals surface area (Å²) in [5.41, 5.74) is 8.19. The van der Waals surface area contributed by atoms with Crippen LogP contribution >= 0.6 is 11.6 Å². The predicted molar refractivity (Wildman–Crippen MR) is 63.7 cm³/mol. The fourth-order valence-electron chi connectivity index (χ4n) is 1.23. The number of nitrogens with two attached hydrogens (primary N) is 1. The van der Waals surface area contributed by atoms with Crippen molar-refractivity contribution in [2.75, 3.05) is 5.32 Å². The van der Waals surface area contributed by atoms with Crippen molar-refractivity contribution in [3.63, 3.8) is 0 Å². The number of benzene rings is 1. The summed E-state index contributed by atoms with van der Waals surface area (Å²) in [6.45, 7) is 0. The number of nitroso groups, excluding NO2 is 1. The third-order valence-corrected chi connectivity index (χ3v) is 2.35. The molecule has 0 aliphatic carbocycles. The molecular weight excluding hydrogens is 265 g/mol. The van der Waals surface area contributed by atoms with Crippen molar-refractivity contribution >= 4 is 23.1 Å². The van der Waals surface area contributed by atoms with Gasteiger partial charge in [-0.3, -0.25) is 4.94 Å². The molecule has 0 fully saturated rings. The highest BCUT2D eigenvalue weighted by Crippen LogP contribution is 2.21. The van der Waals surface area contributed by atoms with Gasteiger partial charge in [-0.25, -0.2) is 4.39 Å². The van der Waals surface area contributed by atoms with Crippen LogP contribution in [-0.4, -0.2) is 5.84 Å². The number of hydrogen-bond acceptors (Lipinski definition) is 7. The molecule has 0 atom stereocenters. The molecule has 0 unspecified atom stereocenters. The fourth-order valence-corrected chi connectivity index (χ4v) is 1.41. The van der Waals surface area contributed by atoms with E-state index in [9.17, 15) is 9.30 Å². The van der Waals surface area contributed by atoms with Crippen LogP contribution < -0.4 is 16.5 Å². The van der Waals surface area contributed by atoms with Gasteiger partial charge in [-0.05, 0) is 28.5 Å². The van der Waals surface area contributed by atoms with E-state index >= 15 is 0 Å². The van der Waals surface area contributed by atoms with Crippen molar-refractivity contribution in [1.82, 2.24) is 5.48 Å². The van der Waals surface area contributed by atoms with E-state index in [1.54, 1.807) is 0 Å². The molecule has 1 aliphatic heterocycles. The fraction of sp³-hybridized carbons (Fsp3) is 0. The van der Waals surface area contributed by atoms with Gasteiger partial charge in [0.1, 0.15) is 5.82 Å². The molecule has 2 rings (SSSR count). The zero-order valence-corrected chi connectivity index (χ0v) is 9.53. The quantitative estimate of drug-likeness (QED) is 0.725. The van der Waals surface area contributed by atoms with Crippen molar-refractivity contribution in [2.24, 2.45) is 16.1 Å². The second-order valence-electron chi connectivity index (χ2n) is 3.24. The second-order valence-corrected chi connectivity index (χ2v) is 3.65. The molecule has 0 saturated heterocycles. The van der Waals surface area contributed by atoms with Crippen molar-refractivity contribution in [1.29, 1.82) is 0 Å². The van der Waals surface area contributed by atoms with Gasteiger partial charge in [0.05, 0.1) is 5.02 Å². The molecule has 0 spiro atoms. The molecule has 1 aromatic carbocycles. The Kier molecular flexibility index (Phi) is 3.28. The van der Waals surface area contributed by atoms with Gasteiger partial charge in [0.15, 0.2) is 11.5 Å². The van der Waals surface area contributed by atoms with Crippen LogP contribution in [-0.2, 0) is 4.94 Å². The molecule has 0 bridgehead atoms. The largest absolute Gasteiger partial charge is 0.379 e. The Morgan fingerprint density at radius 1 is 1.61 bits per heavy atom. The average molecular weight is 272 g/mol. The highest BCUT2D eigenvalue weighted by molar-refractivity contribution is 6.31. The Labute approximate surface area is 105 Å². The summed E-state index contributed by atoms with van der Waals surface area (Å²) in [6.07, 6.45) is 0. The lowest BCUT2D eigenvalue weighted by atomic mass is 10.3. The lowest BCUT2D eigenvalue weighted by molar-refractivity contribution is 0.0899. The van der Waals surface area contributed by atoms with Gasteiger partial charge in [0.2, 0.25) is 5.82 Å². The first kappa shape index (κ1) is 12.1. The maximum Gasteiger partial charge on any atom is 0.205 e. The summed E-state index contributed by atoms with van der Waals surface area (Å²) in [5.74, 6) is -0.763. The maximum absolute atomic E-state index is 13.0. The van der Waals surface area contributed by atoms with Gasteiger partial charge in [0.25, 0.3) is 0 Å². The first-order valence-corrected chi connectivity index (χ1v) is 5.05. The van der Waals surface area contributed by atoms with Gasteiger partial charge in [-0.15, -0.1) is 4.91 Å². The summed E-state index contributed by atoms with van der Waals surface area (Å²) < 4.78 is 13.0. The molecule has 1 aliphatic rings. The number of amidine groups is 1. The number of oxime groups is 1. The molecule has 18 heavy (non-hydrogen) atoms. The van der Waals surface area contributed by atoms with Gasteiger partial charge in [-0.1, -0.05) is 11.6 Å². The standard InChI is InChI=1S/C9H7ClFN5O2/c10-5-3-4(1-2-6(5)11)13-9(14-17)7-8(12)16-18-15-7/h1-3,13,15H,(H2,12,16)/b9-7-. The monoisotopic (exact) mass is 271 g/mol. The summed E-state index contributed by atoms with van der Waals surface area (Å²) in [6, 6.07) is 3.83. The summed E-state index contributed by atoms with van der Waals surface area (Å²) in [4.78, 5) is 15.2. The number of rotatable bonds is 3. The molecule has 94 valence electrons. The molecule has 1 aromatic rings. The Morgan fingerprint density at radius 3 is 2.94 bits per heavy atom. The van der Waals surface area contributed by atoms with Crippen molar-refractivity contribution in [3.8, 4) is 0 Å². The smallest absolute Gasteiger partial charge is 0.205 e. The minimum absolute atomic E-state index is 0.0368. The van der Waals surface area contributed by atoms with Gasteiger partial charge >= 0.3 is 0 Å². The normalized spacial score (nSPS) is 16.4. The molecule has 1 heterocycles. The van der Waals surface area contributed by atoms with Crippen LogP contribution in [0.3, 0.4) is 0 Å². The summed E-state index contributed by atoms with van der Waals surface area (Å²) >= 11 is 5.60. The summed E-state index contributed by atoms with van der Waals surface area (Å²) in [7, 11) is 0. The topological polar surface area (TPSA) is 101 Å². The molecule has 0 saturated carbocycles. The van der Waals surface area contributed by atoms with Crippen LogP contribution in [0.15, 0.2) is 40.0 Å². The Morgan fingerprint density at radius 2 is 2.39 bits per heavy atom. The number of nitrogens with zero attached hydrogens (tertiary/aromatic N) is 2. The van der Waals surface area contributed by atoms with Crippen molar-refractivity contribution in [2.45, 2.75) is 0 Å². The molecular formula is C9H7ClFN5O2. The maximum atomic E-state index is 13.0. The van der Waals surface area contributed by atoms with E-state index in [0.717, 1.165) is 6.07 Å². The Bertz CT molecular complexity index is 560. The summed E-state index contributed by atoms with van der Waals surface area (Å²) in [5, 5.41) is 8.63. The van der Waals surface area contributed by atoms with Crippen LogP contribution in [0, 0.1) is 10.7 Å². The minimum Gasteiger partial charge on any atom is -0.379 e.